The van der Waals surface area contributed by atoms with Gasteiger partial charge in [-0.15, -0.1) is 0 Å². The van der Waals surface area contributed by atoms with Gasteiger partial charge in [0.25, 0.3) is 0 Å². The molecule has 1 aromatic carbocycles. The number of anilines is 1. The van der Waals surface area contributed by atoms with Crippen LogP contribution in [-0.4, -0.2) is 38.1 Å². The van der Waals surface area contributed by atoms with Gasteiger partial charge in [-0.1, -0.05) is 15.9 Å². The minimum absolute atomic E-state index is 0.537. The van der Waals surface area contributed by atoms with Gasteiger partial charge in [0, 0.05) is 17.6 Å². The fraction of sp³-hybridized carbons (Fsp3) is 0.500. The molecule has 1 fully saturated rings. The van der Waals surface area contributed by atoms with Crippen LogP contribution in [-0.2, 0) is 0 Å². The van der Waals surface area contributed by atoms with Crippen LogP contribution in [0.3, 0.4) is 0 Å². The van der Waals surface area contributed by atoms with Gasteiger partial charge < -0.3 is 9.80 Å². The van der Waals surface area contributed by atoms with Crippen LogP contribution in [0.2, 0.25) is 0 Å². The van der Waals surface area contributed by atoms with Gasteiger partial charge in [0.15, 0.2) is 0 Å². The highest BCUT2D eigenvalue weighted by atomic mass is 79.9. The van der Waals surface area contributed by atoms with Gasteiger partial charge >= 0.3 is 0 Å². The Morgan fingerprint density at radius 2 is 2.06 bits per heavy atom. The zero-order valence-electron chi connectivity index (χ0n) is 10.9. The molecule has 0 aliphatic carbocycles. The van der Waals surface area contributed by atoms with Crippen molar-refractivity contribution in [1.82, 2.24) is 4.90 Å². The monoisotopic (exact) mass is 307 g/mol. The van der Waals surface area contributed by atoms with Crippen LogP contribution >= 0.6 is 15.9 Å². The second kappa shape index (κ2) is 5.73. The Hall–Kier alpha value is -1.05. The van der Waals surface area contributed by atoms with Crippen LogP contribution in [0.25, 0.3) is 0 Å². The lowest BCUT2D eigenvalue weighted by Gasteiger charge is -2.36. The van der Waals surface area contributed by atoms with E-state index in [4.69, 9.17) is 0 Å². The van der Waals surface area contributed by atoms with E-state index in [2.05, 4.69) is 45.9 Å². The lowest BCUT2D eigenvalue weighted by molar-refractivity contribution is 0.253. The van der Waals surface area contributed by atoms with Crippen molar-refractivity contribution in [2.24, 2.45) is 0 Å². The maximum absolute atomic E-state index is 9.23. The normalized spacial score (nSPS) is 17.4. The molecule has 0 aromatic heterocycles. The molecule has 1 aliphatic rings. The number of likely N-dealkylation sites (tertiary alicyclic amines) is 1. The van der Waals surface area contributed by atoms with Gasteiger partial charge in [0.2, 0.25) is 0 Å². The van der Waals surface area contributed by atoms with Gasteiger partial charge in [-0.2, -0.15) is 5.26 Å². The first-order chi connectivity index (χ1) is 8.61. The molecule has 0 N–H and O–H groups in total. The van der Waals surface area contributed by atoms with Gasteiger partial charge in [0.1, 0.15) is 6.07 Å². The molecular formula is C14H18BrN3. The molecular weight excluding hydrogens is 290 g/mol. The first-order valence-corrected chi connectivity index (χ1v) is 7.02. The Bertz CT molecular complexity index is 459. The minimum Gasteiger partial charge on any atom is -0.370 e. The van der Waals surface area contributed by atoms with Crippen molar-refractivity contribution in [2.45, 2.75) is 18.9 Å². The summed E-state index contributed by atoms with van der Waals surface area (Å²) in [4.78, 5) is 4.62. The van der Waals surface area contributed by atoms with Crippen molar-refractivity contribution >= 4 is 21.6 Å². The van der Waals surface area contributed by atoms with Crippen LogP contribution in [0.4, 0.5) is 5.69 Å². The highest BCUT2D eigenvalue weighted by Crippen LogP contribution is 2.27. The summed E-state index contributed by atoms with van der Waals surface area (Å²) >= 11 is 3.41. The van der Waals surface area contributed by atoms with E-state index in [1.165, 1.54) is 0 Å². The lowest BCUT2D eigenvalue weighted by Crippen LogP contribution is -2.42. The van der Waals surface area contributed by atoms with E-state index in [1.807, 2.05) is 18.2 Å². The zero-order valence-corrected chi connectivity index (χ0v) is 12.4. The molecule has 4 heteroatoms. The Kier molecular flexibility index (Phi) is 4.26. The van der Waals surface area contributed by atoms with Gasteiger partial charge in [0.05, 0.1) is 11.3 Å². The predicted octanol–water partition coefficient (Wildman–Crippen LogP) is 2.85. The highest BCUT2D eigenvalue weighted by Gasteiger charge is 2.22. The smallest absolute Gasteiger partial charge is 0.101 e. The molecule has 0 atom stereocenters. The molecule has 0 radical (unpaired) electrons. The Balaban J connectivity index is 2.18. The standard InChI is InChI=1S/C14H18BrN3/c1-17-7-5-13(6-8-17)18(2)14-4-3-12(15)9-11(14)10-16/h3-4,9,13H,5-8H2,1-2H3. The van der Waals surface area contributed by atoms with Crippen molar-refractivity contribution in [3.63, 3.8) is 0 Å². The molecule has 1 aliphatic heterocycles. The molecule has 0 unspecified atom stereocenters. The third-order valence-corrected chi connectivity index (χ3v) is 4.19. The molecule has 2 rings (SSSR count). The van der Waals surface area contributed by atoms with Crippen molar-refractivity contribution < 1.29 is 0 Å². The van der Waals surface area contributed by atoms with Gasteiger partial charge in [-0.05, 0) is 51.2 Å². The minimum atomic E-state index is 0.537. The SMILES string of the molecule is CN1CCC(N(C)c2ccc(Br)cc2C#N)CC1. The molecule has 0 saturated carbocycles. The third kappa shape index (κ3) is 2.85. The van der Waals surface area contributed by atoms with Gasteiger partial charge in [-0.3, -0.25) is 0 Å². The summed E-state index contributed by atoms with van der Waals surface area (Å²) in [7, 11) is 4.26. The van der Waals surface area contributed by atoms with Crippen LogP contribution in [0.5, 0.6) is 0 Å². The topological polar surface area (TPSA) is 30.3 Å². The van der Waals surface area contributed by atoms with Crippen LogP contribution in [0.1, 0.15) is 18.4 Å². The summed E-state index contributed by atoms with van der Waals surface area (Å²) in [5.41, 5.74) is 1.78. The molecule has 1 aromatic rings. The number of hydrogen-bond donors (Lipinski definition) is 0. The van der Waals surface area contributed by atoms with E-state index in [0.717, 1.165) is 41.7 Å². The fourth-order valence-corrected chi connectivity index (χ4v) is 2.85. The Labute approximate surface area is 117 Å². The van der Waals surface area contributed by atoms with Crippen molar-refractivity contribution in [1.29, 1.82) is 5.26 Å². The van der Waals surface area contributed by atoms with E-state index < -0.39 is 0 Å². The summed E-state index contributed by atoms with van der Waals surface area (Å²) < 4.78 is 0.958. The van der Waals surface area contributed by atoms with Crippen LogP contribution < -0.4 is 4.90 Å². The summed E-state index contributed by atoms with van der Waals surface area (Å²) in [5.74, 6) is 0. The maximum Gasteiger partial charge on any atom is 0.101 e. The largest absolute Gasteiger partial charge is 0.370 e. The van der Waals surface area contributed by atoms with E-state index in [0.29, 0.717) is 6.04 Å². The number of halogens is 1. The molecule has 3 nitrogen and oxygen atoms in total. The number of rotatable bonds is 2. The van der Waals surface area contributed by atoms with Crippen molar-refractivity contribution in [2.75, 3.05) is 32.1 Å². The highest BCUT2D eigenvalue weighted by molar-refractivity contribution is 9.10. The average Bonchev–Trinajstić information content (AvgIpc) is 2.38. The molecule has 0 bridgehead atoms. The van der Waals surface area contributed by atoms with Crippen molar-refractivity contribution in [3.8, 4) is 6.07 Å². The number of piperidine rings is 1. The van der Waals surface area contributed by atoms with E-state index in [9.17, 15) is 5.26 Å². The number of hydrogen-bond acceptors (Lipinski definition) is 3. The molecule has 0 amide bonds. The first-order valence-electron chi connectivity index (χ1n) is 6.23. The predicted molar refractivity (Wildman–Crippen MR) is 77.8 cm³/mol. The number of nitrogens with zero attached hydrogens (tertiary/aromatic N) is 3. The Morgan fingerprint density at radius 3 is 2.67 bits per heavy atom. The molecule has 0 spiro atoms. The maximum atomic E-state index is 9.23. The van der Waals surface area contributed by atoms with E-state index in [-0.39, 0.29) is 0 Å². The summed E-state index contributed by atoms with van der Waals surface area (Å²) in [5, 5.41) is 9.23. The second-order valence-corrected chi connectivity index (χ2v) is 5.83. The van der Waals surface area contributed by atoms with E-state index >= 15 is 0 Å². The molecule has 96 valence electrons. The zero-order chi connectivity index (χ0) is 13.1. The average molecular weight is 308 g/mol. The second-order valence-electron chi connectivity index (χ2n) is 4.92. The van der Waals surface area contributed by atoms with Crippen molar-refractivity contribution in [3.05, 3.63) is 28.2 Å². The molecule has 18 heavy (non-hydrogen) atoms. The fourth-order valence-electron chi connectivity index (χ4n) is 2.48. The van der Waals surface area contributed by atoms with E-state index in [1.54, 1.807) is 0 Å². The quantitative estimate of drug-likeness (QED) is 0.841. The first kappa shape index (κ1) is 13.4. The lowest BCUT2D eigenvalue weighted by atomic mass is 10.0. The van der Waals surface area contributed by atoms with Gasteiger partial charge in [-0.25, -0.2) is 0 Å². The Morgan fingerprint density at radius 1 is 1.39 bits per heavy atom. The van der Waals surface area contributed by atoms with Crippen LogP contribution in [0, 0.1) is 11.3 Å². The molecule has 1 heterocycles. The third-order valence-electron chi connectivity index (χ3n) is 3.69. The summed E-state index contributed by atoms with van der Waals surface area (Å²) in [6, 6.07) is 8.74. The summed E-state index contributed by atoms with van der Waals surface area (Å²) in [6.45, 7) is 2.26. The van der Waals surface area contributed by atoms with Crippen LogP contribution in [0.15, 0.2) is 22.7 Å². The number of nitriles is 1. The summed E-state index contributed by atoms with van der Waals surface area (Å²) in [6.07, 6.45) is 2.32. The molecule has 1 saturated heterocycles. The number of benzene rings is 1.